The van der Waals surface area contributed by atoms with Crippen LogP contribution in [0.15, 0.2) is 60.9 Å². The van der Waals surface area contributed by atoms with E-state index < -0.39 is 11.9 Å². The van der Waals surface area contributed by atoms with E-state index in [9.17, 15) is 9.18 Å². The molecule has 0 radical (unpaired) electrons. The van der Waals surface area contributed by atoms with Gasteiger partial charge in [0.2, 0.25) is 0 Å². The van der Waals surface area contributed by atoms with Crippen molar-refractivity contribution in [1.29, 1.82) is 0 Å². The number of hydrogen-bond acceptors (Lipinski definition) is 4. The first-order valence-corrected chi connectivity index (χ1v) is 10.4. The lowest BCUT2D eigenvalue weighted by Crippen LogP contribution is -2.31. The highest BCUT2D eigenvalue weighted by molar-refractivity contribution is 7.17. The van der Waals surface area contributed by atoms with Crippen molar-refractivity contribution in [1.82, 2.24) is 19.9 Å². The van der Waals surface area contributed by atoms with Crippen molar-refractivity contribution in [2.24, 2.45) is 7.05 Å². The summed E-state index contributed by atoms with van der Waals surface area (Å²) in [6.45, 7) is 1.78. The summed E-state index contributed by atoms with van der Waals surface area (Å²) in [5, 5.41) is 4.22. The van der Waals surface area contributed by atoms with Gasteiger partial charge in [-0.1, -0.05) is 41.9 Å². The van der Waals surface area contributed by atoms with Gasteiger partial charge in [0.15, 0.2) is 0 Å². The van der Waals surface area contributed by atoms with E-state index in [0.29, 0.717) is 32.0 Å². The molecule has 0 saturated heterocycles. The summed E-state index contributed by atoms with van der Waals surface area (Å²) in [5.41, 5.74) is 1.78. The van der Waals surface area contributed by atoms with Crippen LogP contribution in [0, 0.1) is 12.7 Å². The molecule has 0 aliphatic carbocycles. The molecule has 1 unspecified atom stereocenters. The quantitative estimate of drug-likeness (QED) is 0.466. The van der Waals surface area contributed by atoms with Gasteiger partial charge in [0.1, 0.15) is 27.6 Å². The number of aromatic nitrogens is 3. The molecule has 0 spiro atoms. The highest BCUT2D eigenvalue weighted by Crippen LogP contribution is 2.30. The molecule has 0 aliphatic heterocycles. The molecule has 4 rings (SSSR count). The summed E-state index contributed by atoms with van der Waals surface area (Å²) in [4.78, 5) is 22.5. The van der Waals surface area contributed by atoms with Gasteiger partial charge in [-0.15, -0.1) is 11.3 Å². The molecule has 30 heavy (non-hydrogen) atoms. The van der Waals surface area contributed by atoms with Crippen molar-refractivity contribution >= 4 is 28.8 Å². The highest BCUT2D eigenvalue weighted by Gasteiger charge is 2.26. The van der Waals surface area contributed by atoms with Crippen molar-refractivity contribution in [3.05, 3.63) is 93.7 Å². The first-order chi connectivity index (χ1) is 14.4. The lowest BCUT2D eigenvalue weighted by Gasteiger charge is -2.19. The first kappa shape index (κ1) is 20.3. The molecule has 0 saturated carbocycles. The Morgan fingerprint density at radius 2 is 2.03 bits per heavy atom. The Bertz CT molecular complexity index is 1220. The second-order valence-corrected chi connectivity index (χ2v) is 8.20. The van der Waals surface area contributed by atoms with Crippen LogP contribution in [0.25, 0.3) is 10.6 Å². The number of halogens is 2. The predicted molar refractivity (Wildman–Crippen MR) is 116 cm³/mol. The van der Waals surface area contributed by atoms with Crippen LogP contribution in [0.3, 0.4) is 0 Å². The molecular formula is C22H18ClFN4OS. The fourth-order valence-electron chi connectivity index (χ4n) is 3.19. The summed E-state index contributed by atoms with van der Waals surface area (Å²) in [6, 6.07) is 12.9. The van der Waals surface area contributed by atoms with Crippen LogP contribution in [-0.4, -0.2) is 20.4 Å². The molecule has 5 nitrogen and oxygen atoms in total. The number of hydrogen-bond donors (Lipinski definition) is 1. The SMILES string of the molecule is Cc1nc(-c2cccc(Cl)c2)sc1C(=O)NC(c1ccccc1F)c1nccn1C. The third-order valence-electron chi connectivity index (χ3n) is 4.68. The number of benzene rings is 2. The largest absolute Gasteiger partial charge is 0.337 e. The maximum absolute atomic E-state index is 14.5. The summed E-state index contributed by atoms with van der Waals surface area (Å²) >= 11 is 7.35. The fourth-order valence-corrected chi connectivity index (χ4v) is 4.35. The monoisotopic (exact) mass is 440 g/mol. The van der Waals surface area contributed by atoms with E-state index in [0.717, 1.165) is 5.56 Å². The van der Waals surface area contributed by atoms with E-state index in [-0.39, 0.29) is 5.91 Å². The van der Waals surface area contributed by atoms with Crippen LogP contribution in [0.4, 0.5) is 4.39 Å². The van der Waals surface area contributed by atoms with E-state index in [1.165, 1.54) is 17.4 Å². The minimum Gasteiger partial charge on any atom is -0.337 e. The Hall–Kier alpha value is -3.03. The topological polar surface area (TPSA) is 59.8 Å². The summed E-state index contributed by atoms with van der Waals surface area (Å²) in [7, 11) is 1.80. The van der Waals surface area contributed by atoms with E-state index >= 15 is 0 Å². The van der Waals surface area contributed by atoms with E-state index in [1.807, 2.05) is 12.1 Å². The number of carbonyl (C=O) groups excluding carboxylic acids is 1. The number of aryl methyl sites for hydroxylation is 2. The molecule has 1 N–H and O–H groups in total. The van der Waals surface area contributed by atoms with Gasteiger partial charge in [0.25, 0.3) is 5.91 Å². The number of imidazole rings is 1. The Kier molecular flexibility index (Phi) is 5.65. The maximum atomic E-state index is 14.5. The molecule has 1 amide bonds. The van der Waals surface area contributed by atoms with Crippen LogP contribution in [0.5, 0.6) is 0 Å². The highest BCUT2D eigenvalue weighted by atomic mass is 35.5. The van der Waals surface area contributed by atoms with Gasteiger partial charge in [0.05, 0.1) is 5.69 Å². The molecule has 0 fully saturated rings. The molecule has 2 aromatic heterocycles. The molecule has 0 aliphatic rings. The van der Waals surface area contributed by atoms with Crippen molar-refractivity contribution in [2.75, 3.05) is 0 Å². The average Bonchev–Trinajstić information content (AvgIpc) is 3.32. The molecular weight excluding hydrogens is 423 g/mol. The normalized spacial score (nSPS) is 12.0. The molecule has 1 atom stereocenters. The number of nitrogens with one attached hydrogen (secondary N) is 1. The Morgan fingerprint density at radius 3 is 2.73 bits per heavy atom. The van der Waals surface area contributed by atoms with E-state index in [4.69, 9.17) is 11.6 Å². The van der Waals surface area contributed by atoms with Gasteiger partial charge in [-0.2, -0.15) is 0 Å². The lowest BCUT2D eigenvalue weighted by atomic mass is 10.1. The number of amides is 1. The van der Waals surface area contributed by atoms with Gasteiger partial charge in [-0.25, -0.2) is 14.4 Å². The van der Waals surface area contributed by atoms with Crippen LogP contribution in [-0.2, 0) is 7.05 Å². The minimum absolute atomic E-state index is 0.338. The second-order valence-electron chi connectivity index (χ2n) is 6.77. The summed E-state index contributed by atoms with van der Waals surface area (Å²) in [5.74, 6) is -0.216. The third kappa shape index (κ3) is 3.99. The first-order valence-electron chi connectivity index (χ1n) is 9.20. The average molecular weight is 441 g/mol. The van der Waals surface area contributed by atoms with Gasteiger partial charge < -0.3 is 9.88 Å². The predicted octanol–water partition coefficient (Wildman–Crippen LogP) is 5.16. The second kappa shape index (κ2) is 8.38. The van der Waals surface area contributed by atoms with Crippen molar-refractivity contribution < 1.29 is 9.18 Å². The van der Waals surface area contributed by atoms with Crippen molar-refractivity contribution in [3.63, 3.8) is 0 Å². The van der Waals surface area contributed by atoms with Crippen LogP contribution < -0.4 is 5.32 Å². The van der Waals surface area contributed by atoms with Gasteiger partial charge in [-0.05, 0) is 25.1 Å². The number of rotatable bonds is 5. The zero-order valence-corrected chi connectivity index (χ0v) is 17.8. The molecule has 0 bridgehead atoms. The standard InChI is InChI=1S/C22H18ClFN4OS/c1-13-19(30-22(26-13)14-6-5-7-15(23)12-14)21(29)27-18(20-25-10-11-28(20)2)16-8-3-4-9-17(16)24/h3-12,18H,1-2H3,(H,27,29). The summed E-state index contributed by atoms with van der Waals surface area (Å²) < 4.78 is 16.3. The molecule has 4 aromatic rings. The molecule has 2 heterocycles. The lowest BCUT2D eigenvalue weighted by molar-refractivity contribution is 0.0944. The molecule has 2 aromatic carbocycles. The maximum Gasteiger partial charge on any atom is 0.264 e. The smallest absolute Gasteiger partial charge is 0.264 e. The fraction of sp³-hybridized carbons (Fsp3) is 0.136. The minimum atomic E-state index is -0.741. The van der Waals surface area contributed by atoms with Crippen molar-refractivity contribution in [3.8, 4) is 10.6 Å². The van der Waals surface area contributed by atoms with Gasteiger partial charge >= 0.3 is 0 Å². The Labute approximate surface area is 182 Å². The number of nitrogens with zero attached hydrogens (tertiary/aromatic N) is 3. The van der Waals surface area contributed by atoms with Gasteiger partial charge in [-0.3, -0.25) is 4.79 Å². The van der Waals surface area contributed by atoms with Crippen LogP contribution >= 0.6 is 22.9 Å². The number of carbonyl (C=O) groups is 1. The van der Waals surface area contributed by atoms with Crippen molar-refractivity contribution in [2.45, 2.75) is 13.0 Å². The molecule has 8 heteroatoms. The van der Waals surface area contributed by atoms with Crippen LogP contribution in [0.2, 0.25) is 5.02 Å². The van der Waals surface area contributed by atoms with Crippen LogP contribution in [0.1, 0.15) is 32.8 Å². The molecule has 152 valence electrons. The van der Waals surface area contributed by atoms with E-state index in [2.05, 4.69) is 15.3 Å². The Morgan fingerprint density at radius 1 is 1.23 bits per heavy atom. The third-order valence-corrected chi connectivity index (χ3v) is 6.12. The van der Waals surface area contributed by atoms with Gasteiger partial charge in [0, 0.05) is 35.6 Å². The zero-order valence-electron chi connectivity index (χ0n) is 16.3. The van der Waals surface area contributed by atoms with E-state index in [1.54, 1.807) is 61.3 Å². The zero-order chi connectivity index (χ0) is 21.3. The Balaban J connectivity index is 1.69. The number of thiazole rings is 1. The summed E-state index contributed by atoms with van der Waals surface area (Å²) in [6.07, 6.45) is 3.37.